The van der Waals surface area contributed by atoms with Gasteiger partial charge in [-0.25, -0.2) is 5.01 Å². The van der Waals surface area contributed by atoms with Crippen LogP contribution in [-0.4, -0.2) is 12.0 Å². The summed E-state index contributed by atoms with van der Waals surface area (Å²) in [4.78, 5) is 10.7. The van der Waals surface area contributed by atoms with E-state index < -0.39 is 0 Å². The summed E-state index contributed by atoms with van der Waals surface area (Å²) in [7, 11) is 0. The molecule has 0 bridgehead atoms. The lowest BCUT2D eigenvalue weighted by molar-refractivity contribution is 0.112. The summed E-state index contributed by atoms with van der Waals surface area (Å²) in [6, 6.07) is 1.69. The molecule has 4 heteroatoms. The van der Waals surface area contributed by atoms with Gasteiger partial charge in [-0.1, -0.05) is 6.08 Å². The number of hydrogen-bond acceptors (Lipinski definition) is 4. The van der Waals surface area contributed by atoms with E-state index >= 15 is 0 Å². The summed E-state index contributed by atoms with van der Waals surface area (Å²) in [6.07, 6.45) is 5.48. The van der Waals surface area contributed by atoms with Crippen LogP contribution in [0.15, 0.2) is 27.9 Å². The molecular weight excluding hydrogens is 192 g/mol. The summed E-state index contributed by atoms with van der Waals surface area (Å²) in [5.41, 5.74) is 1.58. The number of anilines is 1. The van der Waals surface area contributed by atoms with Gasteiger partial charge in [-0.3, -0.25) is 4.79 Å². The Morgan fingerprint density at radius 2 is 2.33 bits per heavy atom. The lowest BCUT2D eigenvalue weighted by atomic mass is 10.3. The Kier molecular flexibility index (Phi) is 2.41. The number of nitrogens with zero attached hydrogens (tertiary/aromatic N) is 2. The van der Waals surface area contributed by atoms with Crippen LogP contribution < -0.4 is 5.01 Å². The number of hydrogen-bond donors (Lipinski definition) is 0. The molecule has 1 aliphatic heterocycles. The fourth-order valence-electron chi connectivity index (χ4n) is 1.41. The predicted octanol–water partition coefficient (Wildman–Crippen LogP) is 2.50. The fraction of sp³-hybridized carbons (Fsp3) is 0.273. The molecule has 0 N–H and O–H groups in total. The molecule has 2 heterocycles. The maximum atomic E-state index is 10.7. The molecule has 0 amide bonds. The molecule has 1 aliphatic rings. The third kappa shape index (κ3) is 1.83. The van der Waals surface area contributed by atoms with Crippen LogP contribution in [0.2, 0.25) is 0 Å². The zero-order valence-corrected chi connectivity index (χ0v) is 8.73. The minimum absolute atomic E-state index is 0.567. The third-order valence-corrected chi connectivity index (χ3v) is 2.23. The number of carbonyl (C=O) groups excluding carboxylic acids is 1. The van der Waals surface area contributed by atoms with E-state index in [1.807, 2.05) is 19.2 Å². The number of furan rings is 1. The maximum absolute atomic E-state index is 10.7. The molecular formula is C11H12N2O2. The molecule has 0 spiro atoms. The van der Waals surface area contributed by atoms with Gasteiger partial charge in [-0.05, 0) is 13.8 Å². The average molecular weight is 204 g/mol. The van der Waals surface area contributed by atoms with Crippen molar-refractivity contribution in [2.45, 2.75) is 20.3 Å². The lowest BCUT2D eigenvalue weighted by Crippen LogP contribution is -2.13. The summed E-state index contributed by atoms with van der Waals surface area (Å²) in [5, 5.41) is 5.93. The second-order valence-corrected chi connectivity index (χ2v) is 3.48. The summed E-state index contributed by atoms with van der Waals surface area (Å²) in [5.74, 6) is 1.19. The van der Waals surface area contributed by atoms with Crippen LogP contribution in [0.4, 0.5) is 5.88 Å². The Balaban J connectivity index is 2.33. The van der Waals surface area contributed by atoms with Crippen molar-refractivity contribution in [3.05, 3.63) is 29.7 Å². The van der Waals surface area contributed by atoms with Gasteiger partial charge in [-0.2, -0.15) is 5.10 Å². The van der Waals surface area contributed by atoms with Crippen molar-refractivity contribution in [1.29, 1.82) is 0 Å². The minimum Gasteiger partial charge on any atom is -0.443 e. The Morgan fingerprint density at radius 1 is 1.53 bits per heavy atom. The molecule has 0 saturated heterocycles. The standard InChI is InChI=1S/C11H12N2O2/c1-8-4-3-5-13(12-8)11-6-10(7-14)9(2)15-11/h3,5-7H,4H2,1-2H3. The van der Waals surface area contributed by atoms with E-state index in [9.17, 15) is 4.79 Å². The number of allylic oxidation sites excluding steroid dienone is 1. The Hall–Kier alpha value is -1.84. The summed E-state index contributed by atoms with van der Waals surface area (Å²) in [6.45, 7) is 3.71. The van der Waals surface area contributed by atoms with Crippen LogP contribution in [0.1, 0.15) is 29.5 Å². The lowest BCUT2D eigenvalue weighted by Gasteiger charge is -2.15. The van der Waals surface area contributed by atoms with Crippen molar-refractivity contribution in [3.8, 4) is 0 Å². The number of aryl methyl sites for hydroxylation is 1. The first-order valence-electron chi connectivity index (χ1n) is 4.76. The van der Waals surface area contributed by atoms with Crippen LogP contribution >= 0.6 is 0 Å². The van der Waals surface area contributed by atoms with Gasteiger partial charge in [0.15, 0.2) is 6.29 Å². The second kappa shape index (κ2) is 3.73. The molecule has 0 atom stereocenters. The molecule has 4 nitrogen and oxygen atoms in total. The Morgan fingerprint density at radius 3 is 2.93 bits per heavy atom. The Bertz CT molecular complexity index is 443. The quantitative estimate of drug-likeness (QED) is 0.695. The van der Waals surface area contributed by atoms with Crippen LogP contribution in [0.3, 0.4) is 0 Å². The molecule has 0 saturated carbocycles. The van der Waals surface area contributed by atoms with E-state index in [0.29, 0.717) is 17.2 Å². The topological polar surface area (TPSA) is 45.8 Å². The number of rotatable bonds is 2. The van der Waals surface area contributed by atoms with Gasteiger partial charge in [0.2, 0.25) is 5.88 Å². The van der Waals surface area contributed by atoms with E-state index in [-0.39, 0.29) is 0 Å². The van der Waals surface area contributed by atoms with Gasteiger partial charge in [0.1, 0.15) is 5.76 Å². The minimum atomic E-state index is 0.567. The van der Waals surface area contributed by atoms with E-state index in [0.717, 1.165) is 18.4 Å². The fourth-order valence-corrected chi connectivity index (χ4v) is 1.41. The van der Waals surface area contributed by atoms with Gasteiger partial charge in [0.25, 0.3) is 0 Å². The highest BCUT2D eigenvalue weighted by Gasteiger charge is 2.13. The molecule has 1 aromatic rings. The van der Waals surface area contributed by atoms with Gasteiger partial charge in [-0.15, -0.1) is 0 Å². The number of carbonyl (C=O) groups is 1. The molecule has 0 radical (unpaired) electrons. The molecule has 0 fully saturated rings. The molecule has 15 heavy (non-hydrogen) atoms. The zero-order chi connectivity index (χ0) is 10.8. The van der Waals surface area contributed by atoms with Crippen LogP contribution in [0.5, 0.6) is 0 Å². The monoisotopic (exact) mass is 204 g/mol. The van der Waals surface area contributed by atoms with Crippen LogP contribution in [-0.2, 0) is 0 Å². The smallest absolute Gasteiger partial charge is 0.220 e. The van der Waals surface area contributed by atoms with Crippen LogP contribution in [0, 0.1) is 6.92 Å². The highest BCUT2D eigenvalue weighted by molar-refractivity contribution is 5.85. The Labute approximate surface area is 87.9 Å². The van der Waals surface area contributed by atoms with Crippen molar-refractivity contribution in [2.75, 3.05) is 5.01 Å². The van der Waals surface area contributed by atoms with Crippen molar-refractivity contribution in [3.63, 3.8) is 0 Å². The highest BCUT2D eigenvalue weighted by atomic mass is 16.4. The molecule has 2 rings (SSSR count). The summed E-state index contributed by atoms with van der Waals surface area (Å²) < 4.78 is 5.43. The van der Waals surface area contributed by atoms with E-state index in [4.69, 9.17) is 4.42 Å². The van der Waals surface area contributed by atoms with Crippen molar-refractivity contribution >= 4 is 17.9 Å². The summed E-state index contributed by atoms with van der Waals surface area (Å²) >= 11 is 0. The van der Waals surface area contributed by atoms with Crippen LogP contribution in [0.25, 0.3) is 0 Å². The van der Waals surface area contributed by atoms with Gasteiger partial charge < -0.3 is 4.42 Å². The predicted molar refractivity (Wildman–Crippen MR) is 58.2 cm³/mol. The first-order valence-corrected chi connectivity index (χ1v) is 4.76. The first-order chi connectivity index (χ1) is 7.20. The molecule has 0 aliphatic carbocycles. The average Bonchev–Trinajstić information content (AvgIpc) is 2.60. The zero-order valence-electron chi connectivity index (χ0n) is 8.73. The normalized spacial score (nSPS) is 15.3. The third-order valence-electron chi connectivity index (χ3n) is 2.23. The molecule has 1 aromatic heterocycles. The SMILES string of the molecule is CC1=NN(c2cc(C=O)c(C)o2)C=CC1. The maximum Gasteiger partial charge on any atom is 0.220 e. The van der Waals surface area contributed by atoms with Crippen molar-refractivity contribution in [1.82, 2.24) is 0 Å². The molecule has 0 aromatic carbocycles. The van der Waals surface area contributed by atoms with Gasteiger partial charge in [0, 0.05) is 24.4 Å². The second-order valence-electron chi connectivity index (χ2n) is 3.48. The van der Waals surface area contributed by atoms with E-state index in [2.05, 4.69) is 5.10 Å². The van der Waals surface area contributed by atoms with Crippen molar-refractivity contribution in [2.24, 2.45) is 5.10 Å². The highest BCUT2D eigenvalue weighted by Crippen LogP contribution is 2.23. The van der Waals surface area contributed by atoms with Gasteiger partial charge >= 0.3 is 0 Å². The molecule has 78 valence electrons. The largest absolute Gasteiger partial charge is 0.443 e. The number of aldehydes is 1. The van der Waals surface area contributed by atoms with Crippen molar-refractivity contribution < 1.29 is 9.21 Å². The number of hydrazone groups is 1. The van der Waals surface area contributed by atoms with E-state index in [1.165, 1.54) is 0 Å². The van der Waals surface area contributed by atoms with Gasteiger partial charge in [0.05, 0.1) is 5.56 Å². The first kappa shape index (κ1) is 9.71. The van der Waals surface area contributed by atoms with E-state index in [1.54, 1.807) is 18.0 Å². The molecule has 0 unspecified atom stereocenters.